The molecule has 9 heteroatoms. The number of pyridine rings is 1. The summed E-state index contributed by atoms with van der Waals surface area (Å²) in [6, 6.07) is 18.9. The van der Waals surface area contributed by atoms with Crippen molar-refractivity contribution >= 4 is 39.8 Å². The number of hydrogen-bond acceptors (Lipinski definition) is 8. The van der Waals surface area contributed by atoms with E-state index < -0.39 is 0 Å². The minimum atomic E-state index is 0.0301. The Balaban J connectivity index is 0.000000205. The van der Waals surface area contributed by atoms with E-state index in [9.17, 15) is 4.79 Å². The van der Waals surface area contributed by atoms with Crippen LogP contribution in [0, 0.1) is 5.92 Å². The van der Waals surface area contributed by atoms with Crippen molar-refractivity contribution in [2.45, 2.75) is 46.1 Å². The molecule has 1 saturated heterocycles. The Morgan fingerprint density at radius 3 is 2.44 bits per heavy atom. The van der Waals surface area contributed by atoms with Gasteiger partial charge in [-0.2, -0.15) is 0 Å². The number of carbonyl (C=O) groups is 1. The second-order valence-electron chi connectivity index (χ2n) is 10.4. The number of hydrogen-bond donors (Lipinski definition) is 4. The highest BCUT2D eigenvalue weighted by Gasteiger charge is 2.14. The van der Waals surface area contributed by atoms with Crippen molar-refractivity contribution in [2.24, 2.45) is 17.5 Å². The highest BCUT2D eigenvalue weighted by molar-refractivity contribution is 6.06. The van der Waals surface area contributed by atoms with E-state index in [1.807, 2.05) is 26.1 Å². The van der Waals surface area contributed by atoms with Gasteiger partial charge in [-0.05, 0) is 75.8 Å². The molecule has 220 valence electrons. The van der Waals surface area contributed by atoms with Gasteiger partial charge in [-0.3, -0.25) is 9.78 Å². The first kappa shape index (κ1) is 31.4. The van der Waals surface area contributed by atoms with Gasteiger partial charge in [0.05, 0.1) is 28.4 Å². The van der Waals surface area contributed by atoms with Crippen LogP contribution in [0.1, 0.15) is 44.7 Å². The van der Waals surface area contributed by atoms with Crippen LogP contribution in [0.2, 0.25) is 0 Å². The highest BCUT2D eigenvalue weighted by atomic mass is 16.5. The molecule has 2 aromatic heterocycles. The summed E-state index contributed by atoms with van der Waals surface area (Å²) >= 11 is 0. The molecule has 0 saturated carbocycles. The van der Waals surface area contributed by atoms with Crippen molar-refractivity contribution < 1.29 is 14.3 Å². The molecule has 41 heavy (non-hydrogen) atoms. The minimum absolute atomic E-state index is 0.0301. The lowest BCUT2D eigenvalue weighted by Crippen LogP contribution is -2.26. The van der Waals surface area contributed by atoms with E-state index in [0.29, 0.717) is 12.2 Å². The maximum atomic E-state index is 9.39. The number of anilines is 1. The molecule has 2 aromatic carbocycles. The van der Waals surface area contributed by atoms with Crippen LogP contribution in [0.4, 0.5) is 5.69 Å². The number of fused-ring (bicyclic) bond motifs is 3. The third-order valence-electron chi connectivity index (χ3n) is 6.76. The molecule has 0 radical (unpaired) electrons. The van der Waals surface area contributed by atoms with E-state index in [2.05, 4.69) is 62.5 Å². The van der Waals surface area contributed by atoms with Gasteiger partial charge in [0.15, 0.2) is 0 Å². The number of aromatic nitrogens is 2. The van der Waals surface area contributed by atoms with Crippen LogP contribution >= 0.6 is 0 Å². The fraction of sp³-hybridized carbons (Fsp3) is 0.375. The Labute approximate surface area is 242 Å². The first-order valence-electron chi connectivity index (χ1n) is 14.0. The van der Waals surface area contributed by atoms with Gasteiger partial charge in [0.25, 0.3) is 6.47 Å². The number of allylic oxidation sites excluding steroid dienone is 1. The van der Waals surface area contributed by atoms with Gasteiger partial charge >= 0.3 is 0 Å². The van der Waals surface area contributed by atoms with E-state index >= 15 is 0 Å². The van der Waals surface area contributed by atoms with Gasteiger partial charge in [-0.15, -0.1) is 0 Å². The molecule has 1 fully saturated rings. The molecule has 0 aliphatic carbocycles. The average Bonchev–Trinajstić information content (AvgIpc) is 3.31. The van der Waals surface area contributed by atoms with Crippen LogP contribution in [-0.2, 0) is 20.7 Å². The summed E-state index contributed by atoms with van der Waals surface area (Å²) in [5.74, 6) is 6.72. The SMILES string of the molecule is CC(C)OC=O.CNc1ccc2c(c1)[nH]c1cc(/C(=C(\C)N)N(C)N)cnc12.c1ccc(CC2CCOCC2)cc1. The number of benzene rings is 2. The lowest BCUT2D eigenvalue weighted by atomic mass is 9.92. The summed E-state index contributed by atoms with van der Waals surface area (Å²) < 4.78 is 9.70. The third-order valence-corrected chi connectivity index (χ3v) is 6.76. The molecule has 3 heterocycles. The van der Waals surface area contributed by atoms with E-state index in [1.54, 1.807) is 27.1 Å². The molecule has 1 aliphatic rings. The largest absolute Gasteiger partial charge is 0.465 e. The Morgan fingerprint density at radius 2 is 1.88 bits per heavy atom. The smallest absolute Gasteiger partial charge is 0.293 e. The highest BCUT2D eigenvalue weighted by Crippen LogP contribution is 2.28. The van der Waals surface area contributed by atoms with Gasteiger partial charge in [0, 0.05) is 55.8 Å². The maximum absolute atomic E-state index is 9.39. The minimum Gasteiger partial charge on any atom is -0.465 e. The molecule has 0 unspecified atom stereocenters. The van der Waals surface area contributed by atoms with Crippen LogP contribution in [0.25, 0.3) is 27.6 Å². The number of nitrogens with one attached hydrogen (secondary N) is 2. The fourth-order valence-corrected chi connectivity index (χ4v) is 4.78. The molecule has 4 aromatic rings. The standard InChI is InChI=1S/C16H20N6.C12H16O.C4H8O2/c1-9(17)16(22(3)18)10-6-14-15(20-8-10)12-5-4-11(19-2)7-13(12)21-14;1-2-4-11(5-3-1)10-12-6-8-13-9-7-12;1-4(2)6-3-5/h4-8,19,21H,17-18H2,1-3H3;1-5,12H,6-10H2;3-4H,1-2H3/b16-9-;;. The quantitative estimate of drug-likeness (QED) is 0.134. The summed E-state index contributed by atoms with van der Waals surface area (Å²) in [6.07, 6.45) is 5.52. The molecule has 0 bridgehead atoms. The lowest BCUT2D eigenvalue weighted by Gasteiger charge is -2.21. The van der Waals surface area contributed by atoms with Gasteiger partial charge in [0.2, 0.25) is 0 Å². The van der Waals surface area contributed by atoms with Crippen molar-refractivity contribution in [3.63, 3.8) is 0 Å². The zero-order valence-corrected chi connectivity index (χ0v) is 24.8. The van der Waals surface area contributed by atoms with E-state index in [1.165, 1.54) is 29.8 Å². The van der Waals surface area contributed by atoms with Crippen LogP contribution in [0.5, 0.6) is 0 Å². The normalized spacial score (nSPS) is 13.9. The number of rotatable bonds is 7. The zero-order chi connectivity index (χ0) is 29.8. The Hall–Kier alpha value is -4.08. The van der Waals surface area contributed by atoms with E-state index in [-0.39, 0.29) is 6.10 Å². The van der Waals surface area contributed by atoms with Crippen molar-refractivity contribution in [1.29, 1.82) is 0 Å². The topological polar surface area (TPSA) is 132 Å². The predicted molar refractivity (Wildman–Crippen MR) is 168 cm³/mol. The first-order valence-corrected chi connectivity index (χ1v) is 14.0. The number of nitrogens with two attached hydrogens (primary N) is 2. The van der Waals surface area contributed by atoms with Crippen LogP contribution in [0.3, 0.4) is 0 Å². The molecular formula is C32H44N6O3. The molecule has 0 atom stereocenters. The van der Waals surface area contributed by atoms with Gasteiger partial charge in [-0.25, -0.2) is 5.84 Å². The number of nitrogens with zero attached hydrogens (tertiary/aromatic N) is 2. The third kappa shape index (κ3) is 9.23. The Bertz CT molecular complexity index is 1410. The molecule has 1 aliphatic heterocycles. The summed E-state index contributed by atoms with van der Waals surface area (Å²) in [6.45, 7) is 7.79. The van der Waals surface area contributed by atoms with Gasteiger partial charge in [-0.1, -0.05) is 30.3 Å². The Morgan fingerprint density at radius 1 is 1.17 bits per heavy atom. The maximum Gasteiger partial charge on any atom is 0.293 e. The monoisotopic (exact) mass is 560 g/mol. The van der Waals surface area contributed by atoms with Crippen molar-refractivity contribution in [3.8, 4) is 0 Å². The molecular weight excluding hydrogens is 516 g/mol. The summed E-state index contributed by atoms with van der Waals surface area (Å²) in [7, 11) is 3.67. The van der Waals surface area contributed by atoms with Crippen molar-refractivity contribution in [1.82, 2.24) is 15.0 Å². The van der Waals surface area contributed by atoms with Crippen LogP contribution in [-0.4, -0.2) is 54.9 Å². The second kappa shape index (κ2) is 15.6. The van der Waals surface area contributed by atoms with Gasteiger partial charge in [0.1, 0.15) is 0 Å². The lowest BCUT2D eigenvalue weighted by molar-refractivity contribution is -0.131. The fourth-order valence-electron chi connectivity index (χ4n) is 4.78. The Kier molecular flexibility index (Phi) is 12.0. The number of ether oxygens (including phenoxy) is 2. The van der Waals surface area contributed by atoms with Gasteiger partial charge < -0.3 is 30.5 Å². The summed E-state index contributed by atoms with van der Waals surface area (Å²) in [5, 5.41) is 5.74. The zero-order valence-electron chi connectivity index (χ0n) is 24.8. The number of H-pyrrole nitrogens is 1. The summed E-state index contributed by atoms with van der Waals surface area (Å²) in [5.41, 5.74) is 13.7. The summed E-state index contributed by atoms with van der Waals surface area (Å²) in [4.78, 5) is 17.4. The average molecular weight is 561 g/mol. The van der Waals surface area contributed by atoms with Crippen LogP contribution in [0.15, 0.2) is 66.5 Å². The van der Waals surface area contributed by atoms with E-state index in [4.69, 9.17) is 16.3 Å². The molecule has 9 nitrogen and oxygen atoms in total. The molecule has 0 amide bonds. The number of hydrazine groups is 1. The molecule has 5 rings (SSSR count). The number of carbonyl (C=O) groups excluding carboxylic acids is 1. The molecule has 6 N–H and O–H groups in total. The van der Waals surface area contributed by atoms with E-state index in [0.717, 1.165) is 58.0 Å². The van der Waals surface area contributed by atoms with Crippen molar-refractivity contribution in [3.05, 3.63) is 77.6 Å². The van der Waals surface area contributed by atoms with Crippen molar-refractivity contribution in [2.75, 3.05) is 32.6 Å². The first-order chi connectivity index (χ1) is 19.7. The number of aromatic amines is 1. The molecule has 0 spiro atoms. The van der Waals surface area contributed by atoms with Crippen LogP contribution < -0.4 is 16.9 Å². The second-order valence-corrected chi connectivity index (χ2v) is 10.4. The predicted octanol–water partition coefficient (Wildman–Crippen LogP) is 5.43.